The van der Waals surface area contributed by atoms with E-state index in [2.05, 4.69) is 41.5 Å². The van der Waals surface area contributed by atoms with Gasteiger partial charge < -0.3 is 9.47 Å². The summed E-state index contributed by atoms with van der Waals surface area (Å²) in [4.78, 5) is 0. The van der Waals surface area contributed by atoms with E-state index < -0.39 is 17.6 Å². The molecule has 0 spiro atoms. The van der Waals surface area contributed by atoms with Gasteiger partial charge in [-0.15, -0.1) is 0 Å². The molecule has 0 fully saturated rings. The Bertz CT molecular complexity index is 313. The quantitative estimate of drug-likeness (QED) is 0.0563. The molecular weight excluding hydrogens is 481 g/mol. The Morgan fingerprint density at radius 2 is 0.867 bits per heavy atom. The number of rotatable bonds is 23. The minimum absolute atomic E-state index is 0.466. The topological polar surface area (TPSA) is 18.5 Å². The molecule has 0 saturated heterocycles. The van der Waals surface area contributed by atoms with Crippen LogP contribution in [0.2, 0.25) is 24.2 Å². The van der Waals surface area contributed by atoms with Gasteiger partial charge in [0.15, 0.2) is 0 Å². The van der Waals surface area contributed by atoms with Crippen molar-refractivity contribution in [2.75, 3.05) is 13.2 Å². The average molecular weight is 531 g/mol. The summed E-state index contributed by atoms with van der Waals surface area (Å²) < 4.78 is 12.8. The summed E-state index contributed by atoms with van der Waals surface area (Å²) in [5.74, 6) is 0. The normalized spacial score (nSPS) is 14.0. The fourth-order valence-corrected chi connectivity index (χ4v) is 22.4. The fraction of sp³-hybridized carbons (Fsp3) is 1.00. The maximum absolute atomic E-state index is 6.42. The van der Waals surface area contributed by atoms with Crippen LogP contribution in [0.4, 0.5) is 0 Å². The zero-order chi connectivity index (χ0) is 22.5. The van der Waals surface area contributed by atoms with Crippen LogP contribution >= 0.6 is 41.2 Å². The Balaban J connectivity index is 4.73. The highest BCUT2D eigenvalue weighted by Gasteiger charge is 2.26. The van der Waals surface area contributed by atoms with Gasteiger partial charge in [-0.3, -0.25) is 0 Å². The van der Waals surface area contributed by atoms with Crippen LogP contribution in [-0.2, 0) is 9.47 Å². The monoisotopic (exact) mass is 530 g/mol. The van der Waals surface area contributed by atoms with Crippen LogP contribution in [0.25, 0.3) is 0 Å². The lowest BCUT2D eigenvalue weighted by Gasteiger charge is -2.26. The second-order valence-corrected chi connectivity index (χ2v) is 21.7. The lowest BCUT2D eigenvalue weighted by atomic mass is 10.4. The molecule has 0 aromatic carbocycles. The third-order valence-electron chi connectivity index (χ3n) is 5.26. The smallest absolute Gasteiger partial charge is 0.0988 e. The minimum atomic E-state index is -0.849. The summed E-state index contributed by atoms with van der Waals surface area (Å²) in [5, 5.41) is 0.932. The Hall–Kier alpha value is 1.75. The van der Waals surface area contributed by atoms with Crippen molar-refractivity contribution < 1.29 is 9.47 Å². The lowest BCUT2D eigenvalue weighted by molar-refractivity contribution is 0.151. The molecule has 0 bridgehead atoms. The molecule has 0 aliphatic rings. The van der Waals surface area contributed by atoms with Crippen molar-refractivity contribution in [2.24, 2.45) is 0 Å². The second kappa shape index (κ2) is 23.9. The molecule has 0 rings (SSSR count). The summed E-state index contributed by atoms with van der Waals surface area (Å²) in [7, 11) is 6.29. The van der Waals surface area contributed by atoms with Gasteiger partial charge in [-0.25, -0.2) is 0 Å². The van der Waals surface area contributed by atoms with E-state index in [-0.39, 0.29) is 0 Å². The Morgan fingerprint density at radius 3 is 1.13 bits per heavy atom. The predicted octanol–water partition coefficient (Wildman–Crippen LogP) is 9.12. The second-order valence-electron chi connectivity index (χ2n) is 8.19. The standard InChI is InChI=1S/C22H50O2S4Si2/c1-7-13-15-23-21(29(17-9-3)18-10-4)25-27-28-26-22(24-16-14-8-2)30(19-11-5)20-12-6/h21-22,29-30H,7-20H2,1-6H3. The van der Waals surface area contributed by atoms with Gasteiger partial charge in [0.1, 0.15) is 0 Å². The molecule has 0 N–H and O–H groups in total. The molecule has 0 heterocycles. The van der Waals surface area contributed by atoms with Crippen molar-refractivity contribution in [1.82, 2.24) is 0 Å². The largest absolute Gasteiger partial charge is 0.371 e. The molecule has 182 valence electrons. The van der Waals surface area contributed by atoms with Crippen LogP contribution in [0.3, 0.4) is 0 Å². The van der Waals surface area contributed by atoms with Crippen LogP contribution in [0.15, 0.2) is 0 Å². The Labute approximate surface area is 207 Å². The summed E-state index contributed by atoms with van der Waals surface area (Å²) >= 11 is 0. The van der Waals surface area contributed by atoms with Gasteiger partial charge >= 0.3 is 0 Å². The van der Waals surface area contributed by atoms with Crippen LogP contribution in [0, 0.1) is 0 Å². The fourth-order valence-electron chi connectivity index (χ4n) is 3.60. The molecule has 0 aromatic rings. The highest BCUT2D eigenvalue weighted by atomic mass is 33.7. The van der Waals surface area contributed by atoms with Gasteiger partial charge in [-0.1, -0.05) is 126 Å². The van der Waals surface area contributed by atoms with Gasteiger partial charge in [0.25, 0.3) is 0 Å². The van der Waals surface area contributed by atoms with E-state index in [0.29, 0.717) is 10.1 Å². The first kappa shape index (κ1) is 31.8. The molecule has 2 atom stereocenters. The van der Waals surface area contributed by atoms with Crippen molar-refractivity contribution in [3.05, 3.63) is 0 Å². The molecule has 8 heteroatoms. The molecule has 0 amide bonds. The van der Waals surface area contributed by atoms with E-state index in [1.807, 2.05) is 41.2 Å². The molecule has 0 aliphatic heterocycles. The number of hydrogen-bond acceptors (Lipinski definition) is 6. The molecule has 0 radical (unpaired) electrons. The van der Waals surface area contributed by atoms with Gasteiger partial charge in [0.05, 0.1) is 27.7 Å². The molecular formula is C22H50O2S4Si2. The van der Waals surface area contributed by atoms with Crippen LogP contribution in [0.5, 0.6) is 0 Å². The Morgan fingerprint density at radius 1 is 0.533 bits per heavy atom. The zero-order valence-electron chi connectivity index (χ0n) is 20.7. The van der Waals surface area contributed by atoms with Crippen molar-refractivity contribution >= 4 is 58.8 Å². The maximum Gasteiger partial charge on any atom is 0.0988 e. The highest BCUT2D eigenvalue weighted by Crippen LogP contribution is 2.49. The van der Waals surface area contributed by atoms with Crippen molar-refractivity contribution in [2.45, 2.75) is 127 Å². The van der Waals surface area contributed by atoms with Gasteiger partial charge in [-0.2, -0.15) is 0 Å². The minimum Gasteiger partial charge on any atom is -0.371 e. The summed E-state index contributed by atoms with van der Waals surface area (Å²) in [5.41, 5.74) is 0. The third kappa shape index (κ3) is 16.4. The highest BCUT2D eigenvalue weighted by molar-refractivity contribution is 9.26. The predicted molar refractivity (Wildman–Crippen MR) is 154 cm³/mol. The van der Waals surface area contributed by atoms with E-state index in [1.165, 1.54) is 75.5 Å². The SMILES string of the molecule is CCCCOC(SSSSC(OCCCC)[SiH](CCC)CCC)[SiH](CCC)CCC. The first-order chi connectivity index (χ1) is 14.7. The van der Waals surface area contributed by atoms with E-state index in [1.54, 1.807) is 0 Å². The van der Waals surface area contributed by atoms with Gasteiger partial charge in [-0.05, 0) is 32.5 Å². The van der Waals surface area contributed by atoms with Crippen LogP contribution in [0.1, 0.15) is 92.9 Å². The van der Waals surface area contributed by atoms with Gasteiger partial charge in [0.2, 0.25) is 0 Å². The maximum atomic E-state index is 6.42. The van der Waals surface area contributed by atoms with Crippen LogP contribution < -0.4 is 0 Å². The number of hydrogen-bond donors (Lipinski definition) is 0. The van der Waals surface area contributed by atoms with Gasteiger partial charge in [0, 0.05) is 13.2 Å². The average Bonchev–Trinajstić information content (AvgIpc) is 2.74. The number of unbranched alkanes of at least 4 members (excludes halogenated alkanes) is 2. The summed E-state index contributed by atoms with van der Waals surface area (Å²) in [6.45, 7) is 15.7. The van der Waals surface area contributed by atoms with Crippen LogP contribution in [-0.4, -0.2) is 40.9 Å². The van der Waals surface area contributed by atoms with E-state index in [9.17, 15) is 0 Å². The van der Waals surface area contributed by atoms with E-state index in [4.69, 9.17) is 9.47 Å². The van der Waals surface area contributed by atoms with Crippen molar-refractivity contribution in [3.63, 3.8) is 0 Å². The summed E-state index contributed by atoms with van der Waals surface area (Å²) in [6, 6.07) is 5.67. The first-order valence-corrected chi connectivity index (χ1v) is 22.1. The van der Waals surface area contributed by atoms with Crippen molar-refractivity contribution in [3.8, 4) is 0 Å². The van der Waals surface area contributed by atoms with E-state index >= 15 is 0 Å². The third-order valence-corrected chi connectivity index (χ3v) is 22.8. The Kier molecular flexibility index (Phi) is 25.3. The summed E-state index contributed by atoms with van der Waals surface area (Å²) in [6.07, 6.45) is 10.1. The molecule has 0 aromatic heterocycles. The molecule has 30 heavy (non-hydrogen) atoms. The molecule has 0 saturated carbocycles. The lowest BCUT2D eigenvalue weighted by Crippen LogP contribution is -2.30. The molecule has 2 unspecified atom stereocenters. The molecule has 0 aliphatic carbocycles. The zero-order valence-corrected chi connectivity index (χ0v) is 26.2. The first-order valence-electron chi connectivity index (χ1n) is 12.6. The van der Waals surface area contributed by atoms with Crippen molar-refractivity contribution in [1.29, 1.82) is 0 Å². The number of ether oxygens (including phenoxy) is 2. The molecule has 2 nitrogen and oxygen atoms in total. The van der Waals surface area contributed by atoms with E-state index in [0.717, 1.165) is 13.2 Å².